The van der Waals surface area contributed by atoms with E-state index >= 15 is 0 Å². The molecule has 0 spiro atoms. The molecule has 1 atom stereocenters. The maximum Gasteiger partial charge on any atom is 0.237 e. The van der Waals surface area contributed by atoms with Crippen LogP contribution >= 0.6 is 0 Å². The smallest absolute Gasteiger partial charge is 0.237 e. The molecule has 0 radical (unpaired) electrons. The van der Waals surface area contributed by atoms with Crippen molar-refractivity contribution in [1.82, 2.24) is 9.21 Å². The van der Waals surface area contributed by atoms with Crippen molar-refractivity contribution in [3.05, 3.63) is 0 Å². The summed E-state index contributed by atoms with van der Waals surface area (Å²) in [6.45, 7) is 6.16. The molecule has 0 aromatic rings. The second kappa shape index (κ2) is 7.98. The predicted octanol–water partition coefficient (Wildman–Crippen LogP) is 1.70. The molecule has 0 aromatic heterocycles. The summed E-state index contributed by atoms with van der Waals surface area (Å²) < 4.78 is 24.9. The molecular formula is C14H28N2O3S. The van der Waals surface area contributed by atoms with Crippen LogP contribution in [0.1, 0.15) is 46.0 Å². The minimum atomic E-state index is -3.31. The van der Waals surface area contributed by atoms with Gasteiger partial charge in [-0.1, -0.05) is 26.7 Å². The lowest BCUT2D eigenvalue weighted by atomic mass is 10.0. The van der Waals surface area contributed by atoms with Crippen molar-refractivity contribution in [2.24, 2.45) is 5.92 Å². The number of hydrogen-bond acceptors (Lipinski definition) is 3. The maximum absolute atomic E-state index is 12.3. The van der Waals surface area contributed by atoms with Gasteiger partial charge in [-0.15, -0.1) is 0 Å². The van der Waals surface area contributed by atoms with E-state index in [0.29, 0.717) is 12.5 Å². The highest BCUT2D eigenvalue weighted by atomic mass is 32.2. The Balaban J connectivity index is 2.57. The molecule has 1 aliphatic heterocycles. The first-order valence-electron chi connectivity index (χ1n) is 7.57. The minimum Gasteiger partial charge on any atom is -0.341 e. The summed E-state index contributed by atoms with van der Waals surface area (Å²) in [6, 6.07) is 0. The minimum absolute atomic E-state index is 0.00469. The van der Waals surface area contributed by atoms with Gasteiger partial charge in [0, 0.05) is 19.6 Å². The summed E-state index contributed by atoms with van der Waals surface area (Å²) in [7, 11) is -3.31. The second-order valence-corrected chi connectivity index (χ2v) is 7.87. The van der Waals surface area contributed by atoms with E-state index in [2.05, 4.69) is 13.8 Å². The predicted molar refractivity (Wildman–Crippen MR) is 80.9 cm³/mol. The van der Waals surface area contributed by atoms with Crippen LogP contribution in [0.4, 0.5) is 0 Å². The van der Waals surface area contributed by atoms with E-state index in [4.69, 9.17) is 0 Å². The van der Waals surface area contributed by atoms with E-state index in [0.717, 1.165) is 45.2 Å². The molecule has 5 nitrogen and oxygen atoms in total. The Hall–Kier alpha value is -0.620. The van der Waals surface area contributed by atoms with Gasteiger partial charge in [-0.25, -0.2) is 8.42 Å². The molecule has 1 saturated heterocycles. The van der Waals surface area contributed by atoms with E-state index in [1.165, 1.54) is 10.6 Å². The number of hydrogen-bond donors (Lipinski definition) is 0. The van der Waals surface area contributed by atoms with E-state index in [1.807, 2.05) is 4.90 Å². The molecule has 0 aliphatic carbocycles. The third-order valence-electron chi connectivity index (χ3n) is 3.80. The van der Waals surface area contributed by atoms with Crippen LogP contribution in [0.2, 0.25) is 0 Å². The van der Waals surface area contributed by atoms with Gasteiger partial charge < -0.3 is 4.90 Å². The third kappa shape index (κ3) is 5.79. The van der Waals surface area contributed by atoms with Crippen LogP contribution in [0.5, 0.6) is 0 Å². The Morgan fingerprint density at radius 1 is 1.35 bits per heavy atom. The zero-order chi connectivity index (χ0) is 15.2. The van der Waals surface area contributed by atoms with Crippen molar-refractivity contribution in [2.45, 2.75) is 46.0 Å². The Morgan fingerprint density at radius 2 is 2.05 bits per heavy atom. The van der Waals surface area contributed by atoms with Gasteiger partial charge in [0.15, 0.2) is 0 Å². The number of likely N-dealkylation sites (tertiary alicyclic amines) is 1. The van der Waals surface area contributed by atoms with E-state index in [-0.39, 0.29) is 12.5 Å². The highest BCUT2D eigenvalue weighted by Gasteiger charge is 2.25. The first-order chi connectivity index (χ1) is 9.34. The number of amides is 1. The maximum atomic E-state index is 12.3. The van der Waals surface area contributed by atoms with Crippen LogP contribution in [0.3, 0.4) is 0 Å². The van der Waals surface area contributed by atoms with Gasteiger partial charge in [0.1, 0.15) is 0 Å². The fourth-order valence-electron chi connectivity index (χ4n) is 2.57. The highest BCUT2D eigenvalue weighted by Crippen LogP contribution is 2.16. The summed E-state index contributed by atoms with van der Waals surface area (Å²) >= 11 is 0. The average molecular weight is 304 g/mol. The Kier molecular flexibility index (Phi) is 6.95. The first-order valence-corrected chi connectivity index (χ1v) is 9.42. The van der Waals surface area contributed by atoms with Gasteiger partial charge in [0.05, 0.1) is 12.8 Å². The largest absolute Gasteiger partial charge is 0.341 e. The lowest BCUT2D eigenvalue weighted by Gasteiger charge is -2.32. The number of nitrogens with zero attached hydrogens (tertiary/aromatic N) is 2. The van der Waals surface area contributed by atoms with Gasteiger partial charge in [-0.05, 0) is 25.2 Å². The van der Waals surface area contributed by atoms with Gasteiger partial charge >= 0.3 is 0 Å². The zero-order valence-electron chi connectivity index (χ0n) is 13.0. The standard InChI is InChI=1S/C14H28N2O3S/c1-4-5-6-10-16(20(3,18)19)12-14(17)15-9-7-8-13(2)11-15/h13H,4-12H2,1-3H3. The fraction of sp³-hybridized carbons (Fsp3) is 0.929. The second-order valence-electron chi connectivity index (χ2n) is 5.89. The van der Waals surface area contributed by atoms with Gasteiger partial charge in [0.2, 0.25) is 15.9 Å². The lowest BCUT2D eigenvalue weighted by Crippen LogP contribution is -2.46. The molecule has 0 bridgehead atoms. The summed E-state index contributed by atoms with van der Waals surface area (Å²) in [5.41, 5.74) is 0. The Morgan fingerprint density at radius 3 is 2.60 bits per heavy atom. The molecule has 1 heterocycles. The van der Waals surface area contributed by atoms with E-state index in [1.54, 1.807) is 0 Å². The molecule has 1 fully saturated rings. The third-order valence-corrected chi connectivity index (χ3v) is 5.05. The molecule has 6 heteroatoms. The van der Waals surface area contributed by atoms with Crippen molar-refractivity contribution in [3.63, 3.8) is 0 Å². The molecule has 1 unspecified atom stereocenters. The molecule has 1 aliphatic rings. The van der Waals surface area contributed by atoms with Crippen LogP contribution < -0.4 is 0 Å². The van der Waals surface area contributed by atoms with E-state index in [9.17, 15) is 13.2 Å². The summed E-state index contributed by atoms with van der Waals surface area (Å²) in [6.07, 6.45) is 6.19. The highest BCUT2D eigenvalue weighted by molar-refractivity contribution is 7.88. The molecule has 1 amide bonds. The molecular weight excluding hydrogens is 276 g/mol. The number of rotatable bonds is 7. The molecule has 0 N–H and O–H groups in total. The number of sulfonamides is 1. The quantitative estimate of drug-likeness (QED) is 0.673. The molecule has 1 rings (SSSR count). The van der Waals surface area contributed by atoms with E-state index < -0.39 is 10.0 Å². The number of piperidine rings is 1. The molecule has 20 heavy (non-hydrogen) atoms. The van der Waals surface area contributed by atoms with Crippen molar-refractivity contribution in [2.75, 3.05) is 32.4 Å². The summed E-state index contributed by atoms with van der Waals surface area (Å²) in [4.78, 5) is 14.1. The van der Waals surface area contributed by atoms with Gasteiger partial charge in [-0.3, -0.25) is 4.79 Å². The van der Waals surface area contributed by atoms with Crippen LogP contribution in [-0.2, 0) is 14.8 Å². The molecule has 0 aromatic carbocycles. The van der Waals surface area contributed by atoms with Crippen molar-refractivity contribution in [3.8, 4) is 0 Å². The monoisotopic (exact) mass is 304 g/mol. The topological polar surface area (TPSA) is 57.7 Å². The molecule has 0 saturated carbocycles. The fourth-order valence-corrected chi connectivity index (χ4v) is 3.37. The number of carbonyl (C=O) groups is 1. The molecule has 118 valence electrons. The summed E-state index contributed by atoms with van der Waals surface area (Å²) in [5.74, 6) is 0.456. The van der Waals surface area contributed by atoms with Crippen molar-refractivity contribution in [1.29, 1.82) is 0 Å². The zero-order valence-corrected chi connectivity index (χ0v) is 13.8. The normalized spacial score (nSPS) is 20.4. The number of carbonyl (C=O) groups excluding carboxylic acids is 1. The van der Waals surface area contributed by atoms with Crippen LogP contribution in [-0.4, -0.2) is 56.0 Å². The van der Waals surface area contributed by atoms with Crippen molar-refractivity contribution >= 4 is 15.9 Å². The summed E-state index contributed by atoms with van der Waals surface area (Å²) in [5, 5.41) is 0. The average Bonchev–Trinajstić information content (AvgIpc) is 2.36. The van der Waals surface area contributed by atoms with Crippen LogP contribution in [0.15, 0.2) is 0 Å². The SMILES string of the molecule is CCCCCN(CC(=O)N1CCCC(C)C1)S(C)(=O)=O. The number of unbranched alkanes of at least 4 members (excludes halogenated alkanes) is 2. The first kappa shape index (κ1) is 17.4. The van der Waals surface area contributed by atoms with Gasteiger partial charge in [-0.2, -0.15) is 4.31 Å². The van der Waals surface area contributed by atoms with Gasteiger partial charge in [0.25, 0.3) is 0 Å². The Bertz CT molecular complexity index is 409. The lowest BCUT2D eigenvalue weighted by molar-refractivity contribution is -0.133. The Labute approximate surface area is 123 Å². The van der Waals surface area contributed by atoms with Crippen molar-refractivity contribution < 1.29 is 13.2 Å². The van der Waals surface area contributed by atoms with Crippen LogP contribution in [0, 0.1) is 5.92 Å². The van der Waals surface area contributed by atoms with Crippen LogP contribution in [0.25, 0.3) is 0 Å².